The number of rotatable bonds is 3. The zero-order chi connectivity index (χ0) is 10.8. The summed E-state index contributed by atoms with van der Waals surface area (Å²) in [5.74, 6) is 0.708. The molecule has 0 bridgehead atoms. The average Bonchev–Trinajstić information content (AvgIpc) is 2.75. The second-order valence-corrected chi connectivity index (χ2v) is 6.28. The van der Waals surface area contributed by atoms with Gasteiger partial charge in [0.05, 0.1) is 5.69 Å². The van der Waals surface area contributed by atoms with Gasteiger partial charge in [0.1, 0.15) is 10.4 Å². The molecular formula is C11H16N2S2. The standard InChI is InChI=1S/C11H16N2S2/c1-7(2)6-9-8(3)13-11(15-9)10-12-4-5-14-10/h4-5,7,10,12H,6H2,1-3H3. The van der Waals surface area contributed by atoms with Crippen LogP contribution in [0.3, 0.4) is 0 Å². The van der Waals surface area contributed by atoms with Gasteiger partial charge in [-0.2, -0.15) is 0 Å². The summed E-state index contributed by atoms with van der Waals surface area (Å²) in [4.78, 5) is 6.08. The van der Waals surface area contributed by atoms with E-state index in [1.807, 2.05) is 17.5 Å². The number of thiazole rings is 1. The van der Waals surface area contributed by atoms with Crippen molar-refractivity contribution in [3.8, 4) is 0 Å². The summed E-state index contributed by atoms with van der Waals surface area (Å²) in [6.45, 7) is 6.62. The van der Waals surface area contributed by atoms with E-state index in [1.165, 1.54) is 15.6 Å². The van der Waals surface area contributed by atoms with E-state index in [0.29, 0.717) is 11.3 Å². The van der Waals surface area contributed by atoms with Crippen molar-refractivity contribution < 1.29 is 0 Å². The van der Waals surface area contributed by atoms with E-state index in [4.69, 9.17) is 0 Å². The quantitative estimate of drug-likeness (QED) is 0.876. The van der Waals surface area contributed by atoms with Crippen LogP contribution in [0, 0.1) is 12.8 Å². The van der Waals surface area contributed by atoms with Crippen molar-refractivity contribution in [1.29, 1.82) is 0 Å². The Balaban J connectivity index is 2.13. The third-order valence-electron chi connectivity index (χ3n) is 2.26. The van der Waals surface area contributed by atoms with Crippen LogP contribution in [0.4, 0.5) is 0 Å². The topological polar surface area (TPSA) is 24.9 Å². The average molecular weight is 240 g/mol. The van der Waals surface area contributed by atoms with Gasteiger partial charge in [-0.1, -0.05) is 13.8 Å². The summed E-state index contributed by atoms with van der Waals surface area (Å²) in [6, 6.07) is 0. The maximum Gasteiger partial charge on any atom is 0.129 e. The number of nitrogens with one attached hydrogen (secondary N) is 1. The second kappa shape index (κ2) is 4.58. The molecule has 0 spiro atoms. The van der Waals surface area contributed by atoms with Gasteiger partial charge < -0.3 is 5.32 Å². The van der Waals surface area contributed by atoms with Crippen LogP contribution in [0.2, 0.25) is 0 Å². The van der Waals surface area contributed by atoms with E-state index in [1.54, 1.807) is 11.8 Å². The molecule has 0 fully saturated rings. The number of hydrogen-bond donors (Lipinski definition) is 1. The highest BCUT2D eigenvalue weighted by Crippen LogP contribution is 2.35. The molecule has 0 aromatic carbocycles. The van der Waals surface area contributed by atoms with E-state index in [2.05, 4.69) is 36.5 Å². The minimum Gasteiger partial charge on any atom is -0.373 e. The van der Waals surface area contributed by atoms with Crippen molar-refractivity contribution in [2.75, 3.05) is 0 Å². The zero-order valence-corrected chi connectivity index (χ0v) is 10.9. The minimum atomic E-state index is 0.342. The SMILES string of the molecule is Cc1nc(C2NC=CS2)sc1CC(C)C. The molecule has 82 valence electrons. The van der Waals surface area contributed by atoms with E-state index in [9.17, 15) is 0 Å². The van der Waals surface area contributed by atoms with Gasteiger partial charge in [-0.05, 0) is 24.7 Å². The number of aromatic nitrogens is 1. The van der Waals surface area contributed by atoms with Crippen molar-refractivity contribution in [2.45, 2.75) is 32.6 Å². The number of aryl methyl sites for hydroxylation is 1. The predicted molar refractivity (Wildman–Crippen MR) is 68.0 cm³/mol. The first-order chi connectivity index (χ1) is 7.16. The third-order valence-corrected chi connectivity index (χ3v) is 4.58. The fourth-order valence-corrected chi connectivity index (χ4v) is 3.71. The third kappa shape index (κ3) is 2.55. The Morgan fingerprint density at radius 1 is 1.53 bits per heavy atom. The van der Waals surface area contributed by atoms with E-state index in [-0.39, 0.29) is 0 Å². The Morgan fingerprint density at radius 2 is 2.33 bits per heavy atom. The molecule has 4 heteroatoms. The van der Waals surface area contributed by atoms with Crippen LogP contribution in [-0.2, 0) is 6.42 Å². The Morgan fingerprint density at radius 3 is 2.93 bits per heavy atom. The molecule has 1 aliphatic heterocycles. The first kappa shape index (κ1) is 11.0. The summed E-state index contributed by atoms with van der Waals surface area (Å²) in [5.41, 5.74) is 1.21. The lowest BCUT2D eigenvalue weighted by atomic mass is 10.1. The minimum absolute atomic E-state index is 0.342. The van der Waals surface area contributed by atoms with Gasteiger partial charge in [-0.15, -0.1) is 23.1 Å². The van der Waals surface area contributed by atoms with Crippen LogP contribution < -0.4 is 5.32 Å². The number of thioether (sulfide) groups is 1. The smallest absolute Gasteiger partial charge is 0.129 e. The summed E-state index contributed by atoms with van der Waals surface area (Å²) < 4.78 is 0. The van der Waals surface area contributed by atoms with Crippen molar-refractivity contribution in [1.82, 2.24) is 10.3 Å². The first-order valence-corrected chi connectivity index (χ1v) is 6.95. The van der Waals surface area contributed by atoms with Crippen LogP contribution >= 0.6 is 23.1 Å². The zero-order valence-electron chi connectivity index (χ0n) is 9.28. The van der Waals surface area contributed by atoms with Crippen molar-refractivity contribution in [3.05, 3.63) is 27.2 Å². The molecule has 0 amide bonds. The molecule has 1 aliphatic rings. The molecule has 0 saturated heterocycles. The highest BCUT2D eigenvalue weighted by molar-refractivity contribution is 8.02. The molecule has 0 saturated carbocycles. The van der Waals surface area contributed by atoms with Crippen molar-refractivity contribution in [3.63, 3.8) is 0 Å². The van der Waals surface area contributed by atoms with E-state index < -0.39 is 0 Å². The van der Waals surface area contributed by atoms with Gasteiger partial charge in [-0.25, -0.2) is 4.98 Å². The van der Waals surface area contributed by atoms with Gasteiger partial charge in [-0.3, -0.25) is 0 Å². The van der Waals surface area contributed by atoms with Gasteiger partial charge in [0.25, 0.3) is 0 Å². The fraction of sp³-hybridized carbons (Fsp3) is 0.545. The largest absolute Gasteiger partial charge is 0.373 e. The second-order valence-electron chi connectivity index (χ2n) is 4.14. The molecular weight excluding hydrogens is 224 g/mol. The molecule has 2 heterocycles. The molecule has 1 aromatic rings. The molecule has 2 nitrogen and oxygen atoms in total. The lowest BCUT2D eigenvalue weighted by molar-refractivity contribution is 0.651. The van der Waals surface area contributed by atoms with E-state index >= 15 is 0 Å². The summed E-state index contributed by atoms with van der Waals surface area (Å²) in [7, 11) is 0. The number of nitrogens with zero attached hydrogens (tertiary/aromatic N) is 1. The lowest BCUT2D eigenvalue weighted by Gasteiger charge is -2.04. The summed E-state index contributed by atoms with van der Waals surface area (Å²) >= 11 is 3.64. The Kier molecular flexibility index (Phi) is 3.36. The molecule has 0 radical (unpaired) electrons. The Labute approximate surface area is 99.2 Å². The highest BCUT2D eigenvalue weighted by atomic mass is 32.2. The van der Waals surface area contributed by atoms with Crippen LogP contribution in [0.25, 0.3) is 0 Å². The van der Waals surface area contributed by atoms with Crippen molar-refractivity contribution in [2.24, 2.45) is 5.92 Å². The van der Waals surface area contributed by atoms with E-state index in [0.717, 1.165) is 6.42 Å². The van der Waals surface area contributed by atoms with Gasteiger partial charge >= 0.3 is 0 Å². The Hall–Kier alpha value is -0.480. The highest BCUT2D eigenvalue weighted by Gasteiger charge is 2.18. The number of hydrogen-bond acceptors (Lipinski definition) is 4. The monoisotopic (exact) mass is 240 g/mol. The van der Waals surface area contributed by atoms with Gasteiger partial charge in [0.15, 0.2) is 0 Å². The maximum absolute atomic E-state index is 4.64. The lowest BCUT2D eigenvalue weighted by Crippen LogP contribution is -2.06. The molecule has 1 atom stereocenters. The first-order valence-electron chi connectivity index (χ1n) is 5.19. The van der Waals surface area contributed by atoms with Crippen LogP contribution in [0.15, 0.2) is 11.6 Å². The molecule has 1 unspecified atom stereocenters. The molecule has 15 heavy (non-hydrogen) atoms. The molecule has 1 N–H and O–H groups in total. The predicted octanol–water partition coefficient (Wildman–Crippen LogP) is 3.46. The van der Waals surface area contributed by atoms with Crippen LogP contribution in [0.5, 0.6) is 0 Å². The molecule has 2 rings (SSSR count). The van der Waals surface area contributed by atoms with Crippen LogP contribution in [0.1, 0.15) is 34.8 Å². The van der Waals surface area contributed by atoms with Gasteiger partial charge in [0.2, 0.25) is 0 Å². The van der Waals surface area contributed by atoms with Crippen molar-refractivity contribution >= 4 is 23.1 Å². The Bertz CT molecular complexity index is 361. The van der Waals surface area contributed by atoms with Crippen LogP contribution in [-0.4, -0.2) is 4.98 Å². The van der Waals surface area contributed by atoms with Gasteiger partial charge in [0, 0.05) is 11.1 Å². The molecule has 1 aromatic heterocycles. The summed E-state index contributed by atoms with van der Waals surface area (Å²) in [6.07, 6.45) is 3.14. The fourth-order valence-electron chi connectivity index (χ4n) is 1.54. The normalized spacial score (nSPS) is 19.9. The maximum atomic E-state index is 4.64. The summed E-state index contributed by atoms with van der Waals surface area (Å²) in [5, 5.41) is 6.93. The molecule has 0 aliphatic carbocycles.